The van der Waals surface area contributed by atoms with E-state index in [0.29, 0.717) is 16.6 Å². The summed E-state index contributed by atoms with van der Waals surface area (Å²) in [5.74, 6) is -1.36. The van der Waals surface area contributed by atoms with Crippen LogP contribution in [-0.4, -0.2) is 55.6 Å². The SMILES string of the molecule is COCCNC(=O)NC(=O)CN1C(=O)NC(C)(c2ccccc2Br)C1=O. The Labute approximate surface area is 158 Å². The first-order valence-electron chi connectivity index (χ1n) is 7.75. The van der Waals surface area contributed by atoms with E-state index >= 15 is 0 Å². The maximum atomic E-state index is 12.7. The highest BCUT2D eigenvalue weighted by Crippen LogP contribution is 2.33. The number of rotatable bonds is 6. The Balaban J connectivity index is 2.04. The molecule has 0 aromatic heterocycles. The molecule has 1 aromatic rings. The average molecular weight is 427 g/mol. The van der Waals surface area contributed by atoms with E-state index in [4.69, 9.17) is 4.74 Å². The monoisotopic (exact) mass is 426 g/mol. The first-order valence-corrected chi connectivity index (χ1v) is 8.54. The molecular weight excluding hydrogens is 408 g/mol. The fourth-order valence-electron chi connectivity index (χ4n) is 2.51. The molecule has 0 saturated carbocycles. The molecule has 1 unspecified atom stereocenters. The maximum absolute atomic E-state index is 12.7. The van der Waals surface area contributed by atoms with Crippen molar-refractivity contribution in [1.29, 1.82) is 0 Å². The second-order valence-corrected chi connectivity index (χ2v) is 6.58. The Hall–Kier alpha value is -2.46. The van der Waals surface area contributed by atoms with Gasteiger partial charge in [-0.25, -0.2) is 9.59 Å². The maximum Gasteiger partial charge on any atom is 0.325 e. The second kappa shape index (κ2) is 8.28. The van der Waals surface area contributed by atoms with Crippen molar-refractivity contribution in [3.05, 3.63) is 34.3 Å². The number of carbonyl (C=O) groups is 4. The largest absolute Gasteiger partial charge is 0.383 e. The van der Waals surface area contributed by atoms with Gasteiger partial charge in [0.2, 0.25) is 5.91 Å². The minimum Gasteiger partial charge on any atom is -0.383 e. The zero-order valence-electron chi connectivity index (χ0n) is 14.3. The molecule has 1 aliphatic heterocycles. The summed E-state index contributed by atoms with van der Waals surface area (Å²) in [4.78, 5) is 49.2. The Kier molecular flexibility index (Phi) is 6.32. The van der Waals surface area contributed by atoms with Crippen molar-refractivity contribution < 1.29 is 23.9 Å². The molecule has 140 valence electrons. The van der Waals surface area contributed by atoms with Crippen molar-refractivity contribution in [3.8, 4) is 0 Å². The summed E-state index contributed by atoms with van der Waals surface area (Å²) in [6, 6.07) is 5.54. The Bertz CT molecular complexity index is 741. The number of amides is 6. The number of urea groups is 2. The minimum atomic E-state index is -1.31. The third-order valence-corrected chi connectivity index (χ3v) is 4.53. The van der Waals surface area contributed by atoms with Crippen LogP contribution in [0.5, 0.6) is 0 Å². The molecule has 10 heteroatoms. The smallest absolute Gasteiger partial charge is 0.325 e. The van der Waals surface area contributed by atoms with Gasteiger partial charge in [0.25, 0.3) is 5.91 Å². The van der Waals surface area contributed by atoms with Gasteiger partial charge in [-0.3, -0.25) is 19.8 Å². The van der Waals surface area contributed by atoms with Crippen LogP contribution in [0.25, 0.3) is 0 Å². The zero-order valence-corrected chi connectivity index (χ0v) is 15.9. The van der Waals surface area contributed by atoms with E-state index in [1.807, 2.05) is 0 Å². The van der Waals surface area contributed by atoms with Crippen molar-refractivity contribution in [2.45, 2.75) is 12.5 Å². The van der Waals surface area contributed by atoms with E-state index in [2.05, 4.69) is 31.9 Å². The lowest BCUT2D eigenvalue weighted by Gasteiger charge is -2.23. The van der Waals surface area contributed by atoms with Crippen LogP contribution in [0, 0.1) is 0 Å². The number of halogens is 1. The molecule has 0 aliphatic carbocycles. The molecule has 3 N–H and O–H groups in total. The number of imide groups is 2. The third kappa shape index (κ3) is 4.20. The van der Waals surface area contributed by atoms with Crippen molar-refractivity contribution in [3.63, 3.8) is 0 Å². The molecule has 0 radical (unpaired) electrons. The van der Waals surface area contributed by atoms with Gasteiger partial charge in [-0.15, -0.1) is 0 Å². The van der Waals surface area contributed by atoms with E-state index in [1.165, 1.54) is 7.11 Å². The summed E-state index contributed by atoms with van der Waals surface area (Å²) in [6.07, 6.45) is 0. The van der Waals surface area contributed by atoms with Crippen LogP contribution in [-0.2, 0) is 19.9 Å². The summed E-state index contributed by atoms with van der Waals surface area (Å²) in [5, 5.41) is 7.06. The number of ether oxygens (including phenoxy) is 1. The van der Waals surface area contributed by atoms with Crippen LogP contribution in [0.1, 0.15) is 12.5 Å². The number of benzene rings is 1. The van der Waals surface area contributed by atoms with Crippen molar-refractivity contribution in [2.24, 2.45) is 0 Å². The van der Waals surface area contributed by atoms with Crippen LogP contribution in [0.4, 0.5) is 9.59 Å². The molecule has 1 atom stereocenters. The Morgan fingerprint density at radius 1 is 1.31 bits per heavy atom. The summed E-state index contributed by atoms with van der Waals surface area (Å²) in [5.41, 5.74) is -0.739. The number of methoxy groups -OCH3 is 1. The quantitative estimate of drug-likeness (QED) is 0.456. The standard InChI is InChI=1S/C16H19BrN4O5/c1-16(10-5-3-4-6-11(10)17)13(23)21(15(25)20-16)9-12(22)19-14(24)18-7-8-26-2/h3-6H,7-9H2,1-2H3,(H,20,25)(H2,18,19,22,24). The first kappa shape index (κ1) is 19.9. The normalized spacial score (nSPS) is 19.3. The molecule has 9 nitrogen and oxygen atoms in total. The fraction of sp³-hybridized carbons (Fsp3) is 0.375. The van der Waals surface area contributed by atoms with Crippen LogP contribution in [0.15, 0.2) is 28.7 Å². The van der Waals surface area contributed by atoms with Gasteiger partial charge in [0.1, 0.15) is 12.1 Å². The molecule has 0 spiro atoms. The Morgan fingerprint density at radius 2 is 2.00 bits per heavy atom. The average Bonchev–Trinajstić information content (AvgIpc) is 2.79. The summed E-state index contributed by atoms with van der Waals surface area (Å²) in [7, 11) is 1.48. The van der Waals surface area contributed by atoms with Gasteiger partial charge in [-0.05, 0) is 13.0 Å². The molecule has 1 aromatic carbocycles. The Morgan fingerprint density at radius 3 is 2.65 bits per heavy atom. The van der Waals surface area contributed by atoms with Crippen molar-refractivity contribution in [2.75, 3.05) is 26.8 Å². The molecule has 1 saturated heterocycles. The van der Waals surface area contributed by atoms with Gasteiger partial charge in [0, 0.05) is 23.7 Å². The highest BCUT2D eigenvalue weighted by Gasteiger charge is 2.50. The number of carbonyl (C=O) groups excluding carboxylic acids is 4. The van der Waals surface area contributed by atoms with Gasteiger partial charge >= 0.3 is 12.1 Å². The fourth-order valence-corrected chi connectivity index (χ4v) is 3.19. The van der Waals surface area contributed by atoms with Crippen LogP contribution in [0.2, 0.25) is 0 Å². The van der Waals surface area contributed by atoms with Gasteiger partial charge in [0.15, 0.2) is 0 Å². The molecule has 6 amide bonds. The van der Waals surface area contributed by atoms with Crippen LogP contribution < -0.4 is 16.0 Å². The molecule has 1 fully saturated rings. The predicted octanol–water partition coefficient (Wildman–Crippen LogP) is 0.688. The molecule has 2 rings (SSSR count). The van der Waals surface area contributed by atoms with Gasteiger partial charge in [0.05, 0.1) is 6.61 Å². The summed E-state index contributed by atoms with van der Waals surface area (Å²) >= 11 is 3.36. The number of nitrogens with one attached hydrogen (secondary N) is 3. The van der Waals surface area contributed by atoms with Crippen molar-refractivity contribution in [1.82, 2.24) is 20.9 Å². The topological polar surface area (TPSA) is 117 Å². The minimum absolute atomic E-state index is 0.221. The lowest BCUT2D eigenvalue weighted by atomic mass is 9.92. The van der Waals surface area contributed by atoms with Crippen LogP contribution >= 0.6 is 15.9 Å². The predicted molar refractivity (Wildman–Crippen MR) is 95.2 cm³/mol. The molecule has 0 bridgehead atoms. The van der Waals surface area contributed by atoms with E-state index < -0.39 is 36.0 Å². The number of hydrogen-bond acceptors (Lipinski definition) is 5. The molecular formula is C16H19BrN4O5. The van der Waals surface area contributed by atoms with E-state index in [9.17, 15) is 19.2 Å². The second-order valence-electron chi connectivity index (χ2n) is 5.72. The highest BCUT2D eigenvalue weighted by molar-refractivity contribution is 9.10. The molecule has 26 heavy (non-hydrogen) atoms. The van der Waals surface area contributed by atoms with Gasteiger partial charge in [-0.1, -0.05) is 34.1 Å². The number of nitrogens with zero attached hydrogens (tertiary/aromatic N) is 1. The zero-order chi connectivity index (χ0) is 19.3. The van der Waals surface area contributed by atoms with Crippen molar-refractivity contribution >= 4 is 39.8 Å². The van der Waals surface area contributed by atoms with E-state index in [1.54, 1.807) is 31.2 Å². The van der Waals surface area contributed by atoms with Crippen LogP contribution in [0.3, 0.4) is 0 Å². The lowest BCUT2D eigenvalue weighted by Crippen LogP contribution is -2.47. The highest BCUT2D eigenvalue weighted by atomic mass is 79.9. The first-order chi connectivity index (χ1) is 12.3. The third-order valence-electron chi connectivity index (χ3n) is 3.83. The summed E-state index contributed by atoms with van der Waals surface area (Å²) < 4.78 is 5.42. The van der Waals surface area contributed by atoms with Gasteiger partial charge in [-0.2, -0.15) is 0 Å². The lowest BCUT2D eigenvalue weighted by molar-refractivity contribution is -0.134. The van der Waals surface area contributed by atoms with E-state index in [-0.39, 0.29) is 6.54 Å². The summed E-state index contributed by atoms with van der Waals surface area (Å²) in [6.45, 7) is 1.50. The number of hydrogen-bond donors (Lipinski definition) is 3. The molecule has 1 heterocycles. The van der Waals surface area contributed by atoms with Gasteiger partial charge < -0.3 is 15.4 Å². The van der Waals surface area contributed by atoms with E-state index in [0.717, 1.165) is 4.90 Å². The molecule has 1 aliphatic rings.